The molecule has 1 aromatic rings. The van der Waals surface area contributed by atoms with Gasteiger partial charge in [-0.2, -0.15) is 15.0 Å². The summed E-state index contributed by atoms with van der Waals surface area (Å²) in [5.41, 5.74) is 5.43. The summed E-state index contributed by atoms with van der Waals surface area (Å²) in [4.78, 5) is 33.5. The van der Waals surface area contributed by atoms with Crippen molar-refractivity contribution in [3.63, 3.8) is 0 Å². The second kappa shape index (κ2) is 7.71. The molecule has 10 nitrogen and oxygen atoms in total. The fraction of sp³-hybridized carbons (Fsp3) is 0.500. The lowest BCUT2D eigenvalue weighted by molar-refractivity contribution is 0.159. The summed E-state index contributed by atoms with van der Waals surface area (Å²) in [5, 5.41) is 4.48. The van der Waals surface area contributed by atoms with Crippen molar-refractivity contribution in [3.05, 3.63) is 0 Å². The van der Waals surface area contributed by atoms with Crippen LogP contribution >= 0.6 is 0 Å². The Hall–Kier alpha value is -2.65. The molecule has 1 rings (SSSR count). The number of ether oxygens (including phenoxy) is 2. The van der Waals surface area contributed by atoms with Crippen molar-refractivity contribution in [3.8, 4) is 0 Å². The first-order chi connectivity index (χ1) is 9.55. The van der Waals surface area contributed by atoms with Crippen LogP contribution in [-0.4, -0.2) is 40.9 Å². The number of nitrogen functional groups attached to an aromatic ring is 1. The van der Waals surface area contributed by atoms with Gasteiger partial charge < -0.3 is 15.2 Å². The van der Waals surface area contributed by atoms with Gasteiger partial charge >= 0.3 is 12.2 Å². The van der Waals surface area contributed by atoms with Gasteiger partial charge in [-0.25, -0.2) is 9.59 Å². The fourth-order valence-electron chi connectivity index (χ4n) is 1.08. The van der Waals surface area contributed by atoms with Crippen molar-refractivity contribution in [2.45, 2.75) is 19.8 Å². The zero-order valence-electron chi connectivity index (χ0n) is 11.2. The van der Waals surface area contributed by atoms with Crippen LogP contribution in [0.25, 0.3) is 0 Å². The van der Waals surface area contributed by atoms with E-state index in [9.17, 15) is 9.59 Å². The molecule has 0 bridgehead atoms. The van der Waals surface area contributed by atoms with E-state index in [4.69, 9.17) is 10.5 Å². The lowest BCUT2D eigenvalue weighted by Crippen LogP contribution is -2.19. The van der Waals surface area contributed by atoms with Crippen molar-refractivity contribution >= 4 is 30.0 Å². The number of methoxy groups -OCH3 is 1. The standard InChI is InChI=1S/C10H16N6O4/c1-3-4-5-20-10(18)16-8-13-6(11)12-7(14-8)15-9(17)19-2/h3-5H2,1-2H3,(H4,11,12,13,14,15,16,17,18). The van der Waals surface area contributed by atoms with Gasteiger partial charge in [-0.3, -0.25) is 10.6 Å². The minimum absolute atomic E-state index is 0.134. The Morgan fingerprint density at radius 2 is 1.75 bits per heavy atom. The second-order valence-electron chi connectivity index (χ2n) is 3.57. The monoisotopic (exact) mass is 284 g/mol. The third kappa shape index (κ3) is 5.33. The van der Waals surface area contributed by atoms with Gasteiger partial charge in [-0.15, -0.1) is 0 Å². The van der Waals surface area contributed by atoms with E-state index >= 15 is 0 Å². The predicted molar refractivity (Wildman–Crippen MR) is 70.1 cm³/mol. The highest BCUT2D eigenvalue weighted by Gasteiger charge is 2.11. The molecule has 10 heteroatoms. The Morgan fingerprint density at radius 1 is 1.15 bits per heavy atom. The molecule has 0 unspecified atom stereocenters. The highest BCUT2D eigenvalue weighted by molar-refractivity contribution is 5.84. The highest BCUT2D eigenvalue weighted by Crippen LogP contribution is 2.07. The minimum atomic E-state index is -0.771. The molecule has 0 aliphatic carbocycles. The predicted octanol–water partition coefficient (Wildman–Crippen LogP) is 0.981. The molecular formula is C10H16N6O4. The van der Waals surface area contributed by atoms with Crippen LogP contribution < -0.4 is 16.4 Å². The summed E-state index contributed by atoms with van der Waals surface area (Å²) in [6.45, 7) is 2.26. The van der Waals surface area contributed by atoms with E-state index < -0.39 is 12.2 Å². The number of carbonyl (C=O) groups excluding carboxylic acids is 2. The van der Waals surface area contributed by atoms with E-state index in [1.165, 1.54) is 7.11 Å². The third-order valence-corrected chi connectivity index (χ3v) is 2.00. The summed E-state index contributed by atoms with van der Waals surface area (Å²) in [5.74, 6) is -0.450. The Morgan fingerprint density at radius 3 is 2.30 bits per heavy atom. The van der Waals surface area contributed by atoms with E-state index in [1.54, 1.807) is 0 Å². The number of anilines is 3. The molecule has 1 aromatic heterocycles. The highest BCUT2D eigenvalue weighted by atomic mass is 16.5. The van der Waals surface area contributed by atoms with Gasteiger partial charge in [0.2, 0.25) is 17.8 Å². The van der Waals surface area contributed by atoms with Gasteiger partial charge in [-0.05, 0) is 6.42 Å². The van der Waals surface area contributed by atoms with Gasteiger partial charge in [-0.1, -0.05) is 13.3 Å². The third-order valence-electron chi connectivity index (χ3n) is 2.00. The van der Waals surface area contributed by atoms with E-state index in [2.05, 4.69) is 30.3 Å². The quantitative estimate of drug-likeness (QED) is 0.679. The number of nitrogens with one attached hydrogen (secondary N) is 2. The SMILES string of the molecule is CCCCOC(=O)Nc1nc(N)nc(NC(=O)OC)n1. The molecule has 0 spiro atoms. The molecule has 0 aliphatic rings. The average molecular weight is 284 g/mol. The average Bonchev–Trinajstić information content (AvgIpc) is 2.38. The van der Waals surface area contributed by atoms with Crippen LogP contribution in [0.3, 0.4) is 0 Å². The van der Waals surface area contributed by atoms with E-state index in [0.717, 1.165) is 12.8 Å². The van der Waals surface area contributed by atoms with Crippen LogP contribution in [0.5, 0.6) is 0 Å². The smallest absolute Gasteiger partial charge is 0.414 e. The summed E-state index contributed by atoms with van der Waals surface area (Å²) < 4.78 is 9.24. The summed E-state index contributed by atoms with van der Waals surface area (Å²) in [6, 6.07) is 0. The molecule has 110 valence electrons. The Labute approximate surface area is 115 Å². The Bertz CT molecular complexity index is 481. The van der Waals surface area contributed by atoms with Crippen LogP contribution in [0.4, 0.5) is 27.4 Å². The van der Waals surface area contributed by atoms with Crippen LogP contribution in [0, 0.1) is 0 Å². The maximum atomic E-state index is 11.4. The molecule has 20 heavy (non-hydrogen) atoms. The number of aromatic nitrogens is 3. The van der Waals surface area contributed by atoms with Gasteiger partial charge in [0, 0.05) is 0 Å². The van der Waals surface area contributed by atoms with Gasteiger partial charge in [0.05, 0.1) is 13.7 Å². The fourth-order valence-corrected chi connectivity index (χ4v) is 1.08. The lowest BCUT2D eigenvalue weighted by atomic mass is 10.4. The molecule has 4 N–H and O–H groups in total. The maximum absolute atomic E-state index is 11.4. The van der Waals surface area contributed by atoms with Crippen LogP contribution in [0.15, 0.2) is 0 Å². The molecule has 0 aromatic carbocycles. The number of unbranched alkanes of at least 4 members (excludes halogenated alkanes) is 1. The number of amides is 2. The summed E-state index contributed by atoms with van der Waals surface area (Å²) >= 11 is 0. The van der Waals surface area contributed by atoms with Crippen LogP contribution in [0.1, 0.15) is 19.8 Å². The first-order valence-corrected chi connectivity index (χ1v) is 5.85. The van der Waals surface area contributed by atoms with E-state index in [-0.39, 0.29) is 24.5 Å². The lowest BCUT2D eigenvalue weighted by Gasteiger charge is -2.07. The molecule has 1 heterocycles. The molecule has 0 saturated carbocycles. The number of hydrogen-bond acceptors (Lipinski definition) is 8. The van der Waals surface area contributed by atoms with Crippen molar-refractivity contribution < 1.29 is 19.1 Å². The Balaban J connectivity index is 2.65. The number of carbonyl (C=O) groups is 2. The van der Waals surface area contributed by atoms with Crippen LogP contribution in [-0.2, 0) is 9.47 Å². The van der Waals surface area contributed by atoms with Crippen molar-refractivity contribution in [1.29, 1.82) is 0 Å². The first-order valence-electron chi connectivity index (χ1n) is 5.85. The van der Waals surface area contributed by atoms with Crippen molar-refractivity contribution in [1.82, 2.24) is 15.0 Å². The molecule has 0 atom stereocenters. The minimum Gasteiger partial charge on any atom is -0.453 e. The van der Waals surface area contributed by atoms with Crippen molar-refractivity contribution in [2.24, 2.45) is 0 Å². The van der Waals surface area contributed by atoms with Gasteiger partial charge in [0.25, 0.3) is 0 Å². The zero-order valence-corrected chi connectivity index (χ0v) is 11.2. The Kier molecular flexibility index (Phi) is 5.94. The largest absolute Gasteiger partial charge is 0.453 e. The zero-order chi connectivity index (χ0) is 15.0. The molecule has 2 amide bonds. The number of rotatable bonds is 5. The first kappa shape index (κ1) is 15.4. The molecule has 0 radical (unpaired) electrons. The van der Waals surface area contributed by atoms with Gasteiger partial charge in [0.15, 0.2) is 0 Å². The molecule has 0 fully saturated rings. The normalized spacial score (nSPS) is 9.70. The maximum Gasteiger partial charge on any atom is 0.414 e. The second-order valence-corrected chi connectivity index (χ2v) is 3.57. The number of nitrogens with two attached hydrogens (primary N) is 1. The summed E-state index contributed by atoms with van der Waals surface area (Å²) in [6.07, 6.45) is 0.168. The molecular weight excluding hydrogens is 268 g/mol. The van der Waals surface area contributed by atoms with E-state index in [1.807, 2.05) is 6.92 Å². The number of hydrogen-bond donors (Lipinski definition) is 3. The van der Waals surface area contributed by atoms with E-state index in [0.29, 0.717) is 0 Å². The topological polar surface area (TPSA) is 141 Å². The summed E-state index contributed by atoms with van der Waals surface area (Å²) in [7, 11) is 1.18. The van der Waals surface area contributed by atoms with Crippen LogP contribution in [0.2, 0.25) is 0 Å². The number of nitrogens with zero attached hydrogens (tertiary/aromatic N) is 3. The molecule has 0 aliphatic heterocycles. The van der Waals surface area contributed by atoms with Crippen molar-refractivity contribution in [2.75, 3.05) is 30.1 Å². The molecule has 0 saturated heterocycles. The van der Waals surface area contributed by atoms with Gasteiger partial charge in [0.1, 0.15) is 0 Å².